The van der Waals surface area contributed by atoms with Crippen LogP contribution in [0.2, 0.25) is 0 Å². The van der Waals surface area contributed by atoms with Crippen molar-refractivity contribution in [2.75, 3.05) is 11.9 Å². The second-order valence-corrected chi connectivity index (χ2v) is 4.31. The first kappa shape index (κ1) is 14.3. The van der Waals surface area contributed by atoms with Gasteiger partial charge >= 0.3 is 6.18 Å². The Kier molecular flexibility index (Phi) is 4.21. The van der Waals surface area contributed by atoms with Crippen LogP contribution in [-0.4, -0.2) is 26.7 Å². The standard InChI is InChI=1S/C12H14F3N5/c1-8-9(7-18-20-8)3-2-5-16-11-17-6-4-10(19-11)12(13,14)15/h4,6-7H,2-3,5H2,1H3,(H,18,20)(H,16,17,19). The summed E-state index contributed by atoms with van der Waals surface area (Å²) < 4.78 is 37.4. The molecule has 0 saturated heterocycles. The van der Waals surface area contributed by atoms with E-state index in [0.29, 0.717) is 6.54 Å². The molecule has 0 saturated carbocycles. The van der Waals surface area contributed by atoms with Crippen LogP contribution in [0.15, 0.2) is 18.5 Å². The molecule has 0 atom stereocenters. The number of aryl methyl sites for hydroxylation is 2. The third kappa shape index (κ3) is 3.69. The number of aromatic nitrogens is 4. The van der Waals surface area contributed by atoms with Crippen LogP contribution in [0.4, 0.5) is 19.1 Å². The van der Waals surface area contributed by atoms with Crippen LogP contribution in [-0.2, 0) is 12.6 Å². The molecule has 0 spiro atoms. The SMILES string of the molecule is Cc1[nH]ncc1CCCNc1nccc(C(F)(F)F)n1. The van der Waals surface area contributed by atoms with Crippen LogP contribution in [0.5, 0.6) is 0 Å². The first-order valence-corrected chi connectivity index (χ1v) is 6.10. The summed E-state index contributed by atoms with van der Waals surface area (Å²) in [7, 11) is 0. The molecular formula is C12H14F3N5. The molecule has 0 unspecified atom stereocenters. The lowest BCUT2D eigenvalue weighted by molar-refractivity contribution is -0.141. The molecule has 2 N–H and O–H groups in total. The number of aromatic amines is 1. The van der Waals surface area contributed by atoms with E-state index in [1.165, 1.54) is 0 Å². The van der Waals surface area contributed by atoms with Gasteiger partial charge < -0.3 is 5.32 Å². The Hall–Kier alpha value is -2.12. The maximum absolute atomic E-state index is 12.5. The molecule has 0 fully saturated rings. The Labute approximate surface area is 113 Å². The summed E-state index contributed by atoms with van der Waals surface area (Å²) in [4.78, 5) is 7.19. The molecule has 5 nitrogen and oxygen atoms in total. The highest BCUT2D eigenvalue weighted by atomic mass is 19.4. The lowest BCUT2D eigenvalue weighted by Gasteiger charge is -2.08. The summed E-state index contributed by atoms with van der Waals surface area (Å²) in [5.74, 6) is -0.0104. The lowest BCUT2D eigenvalue weighted by Crippen LogP contribution is -2.12. The van der Waals surface area contributed by atoms with Gasteiger partial charge in [-0.15, -0.1) is 0 Å². The van der Waals surface area contributed by atoms with Crippen LogP contribution in [0.25, 0.3) is 0 Å². The minimum absolute atomic E-state index is 0.0104. The third-order valence-electron chi connectivity index (χ3n) is 2.79. The summed E-state index contributed by atoms with van der Waals surface area (Å²) in [6.45, 7) is 2.41. The Morgan fingerprint density at radius 1 is 1.35 bits per heavy atom. The van der Waals surface area contributed by atoms with Gasteiger partial charge in [0.25, 0.3) is 0 Å². The number of anilines is 1. The number of nitrogens with one attached hydrogen (secondary N) is 2. The van der Waals surface area contributed by atoms with E-state index in [2.05, 4.69) is 25.5 Å². The fraction of sp³-hybridized carbons (Fsp3) is 0.417. The molecule has 0 bridgehead atoms. The van der Waals surface area contributed by atoms with E-state index in [1.54, 1.807) is 6.20 Å². The quantitative estimate of drug-likeness (QED) is 0.829. The van der Waals surface area contributed by atoms with Crippen LogP contribution in [0.3, 0.4) is 0 Å². The largest absolute Gasteiger partial charge is 0.433 e. The van der Waals surface area contributed by atoms with Crippen molar-refractivity contribution >= 4 is 5.95 Å². The minimum Gasteiger partial charge on any atom is -0.354 e. The Morgan fingerprint density at radius 3 is 2.80 bits per heavy atom. The molecule has 20 heavy (non-hydrogen) atoms. The van der Waals surface area contributed by atoms with E-state index >= 15 is 0 Å². The summed E-state index contributed by atoms with van der Waals surface area (Å²) in [6, 6.07) is 0.847. The zero-order valence-corrected chi connectivity index (χ0v) is 10.8. The van der Waals surface area contributed by atoms with Gasteiger partial charge in [-0.1, -0.05) is 0 Å². The van der Waals surface area contributed by atoms with Gasteiger partial charge in [-0.25, -0.2) is 9.97 Å². The van der Waals surface area contributed by atoms with Crippen molar-refractivity contribution in [1.82, 2.24) is 20.2 Å². The number of hydrogen-bond acceptors (Lipinski definition) is 4. The maximum Gasteiger partial charge on any atom is 0.433 e. The normalized spacial score (nSPS) is 11.6. The molecule has 108 valence electrons. The average molecular weight is 285 g/mol. The molecular weight excluding hydrogens is 271 g/mol. The van der Waals surface area contributed by atoms with Crippen LogP contribution in [0, 0.1) is 6.92 Å². The number of hydrogen-bond donors (Lipinski definition) is 2. The number of alkyl halides is 3. The number of rotatable bonds is 5. The minimum atomic E-state index is -4.45. The summed E-state index contributed by atoms with van der Waals surface area (Å²) >= 11 is 0. The number of nitrogens with zero attached hydrogens (tertiary/aromatic N) is 3. The van der Waals surface area contributed by atoms with E-state index in [1.807, 2.05) is 6.92 Å². The third-order valence-corrected chi connectivity index (χ3v) is 2.79. The molecule has 0 radical (unpaired) electrons. The predicted molar refractivity (Wildman–Crippen MR) is 67.2 cm³/mol. The summed E-state index contributed by atoms with van der Waals surface area (Å²) in [6.07, 6.45) is -0.0734. The van der Waals surface area contributed by atoms with E-state index in [9.17, 15) is 13.2 Å². The average Bonchev–Trinajstić information content (AvgIpc) is 2.80. The van der Waals surface area contributed by atoms with Crippen LogP contribution in [0.1, 0.15) is 23.4 Å². The van der Waals surface area contributed by atoms with Crippen molar-refractivity contribution in [2.45, 2.75) is 25.9 Å². The number of halogens is 3. The van der Waals surface area contributed by atoms with Gasteiger partial charge in [-0.05, 0) is 31.4 Å². The lowest BCUT2D eigenvalue weighted by atomic mass is 10.1. The van der Waals surface area contributed by atoms with E-state index in [-0.39, 0.29) is 5.95 Å². The molecule has 0 aliphatic heterocycles. The zero-order chi connectivity index (χ0) is 14.6. The second-order valence-electron chi connectivity index (χ2n) is 4.31. The van der Waals surface area contributed by atoms with Crippen molar-refractivity contribution in [3.63, 3.8) is 0 Å². The molecule has 0 aliphatic carbocycles. The smallest absolute Gasteiger partial charge is 0.354 e. The Bertz CT molecular complexity index is 564. The second kappa shape index (κ2) is 5.89. The monoisotopic (exact) mass is 285 g/mol. The van der Waals surface area contributed by atoms with Gasteiger partial charge in [0.05, 0.1) is 6.20 Å². The molecule has 8 heteroatoms. The highest BCUT2D eigenvalue weighted by Gasteiger charge is 2.32. The fourth-order valence-corrected chi connectivity index (χ4v) is 1.71. The Balaban J connectivity index is 1.84. The highest BCUT2D eigenvalue weighted by Crippen LogP contribution is 2.27. The predicted octanol–water partition coefficient (Wildman–Crippen LogP) is 2.57. The summed E-state index contributed by atoms with van der Waals surface area (Å²) in [5.41, 5.74) is 1.15. The van der Waals surface area contributed by atoms with Crippen LogP contribution >= 0.6 is 0 Å². The summed E-state index contributed by atoms with van der Waals surface area (Å²) in [5, 5.41) is 9.52. The van der Waals surface area contributed by atoms with E-state index < -0.39 is 11.9 Å². The fourth-order valence-electron chi connectivity index (χ4n) is 1.71. The number of H-pyrrole nitrogens is 1. The van der Waals surface area contributed by atoms with Gasteiger partial charge in [0.1, 0.15) is 5.69 Å². The molecule has 2 aromatic rings. The molecule has 2 rings (SSSR count). The van der Waals surface area contributed by atoms with Gasteiger partial charge in [-0.2, -0.15) is 18.3 Å². The Morgan fingerprint density at radius 2 is 2.15 bits per heavy atom. The van der Waals surface area contributed by atoms with E-state index in [0.717, 1.165) is 36.4 Å². The van der Waals surface area contributed by atoms with Gasteiger partial charge in [0.2, 0.25) is 5.95 Å². The molecule has 0 aromatic carbocycles. The van der Waals surface area contributed by atoms with Gasteiger partial charge in [0, 0.05) is 18.4 Å². The topological polar surface area (TPSA) is 66.5 Å². The highest BCUT2D eigenvalue weighted by molar-refractivity contribution is 5.26. The molecule has 0 aliphatic rings. The first-order chi connectivity index (χ1) is 9.47. The maximum atomic E-state index is 12.5. The van der Waals surface area contributed by atoms with Crippen molar-refractivity contribution in [1.29, 1.82) is 0 Å². The van der Waals surface area contributed by atoms with Gasteiger partial charge in [0.15, 0.2) is 0 Å². The van der Waals surface area contributed by atoms with Gasteiger partial charge in [-0.3, -0.25) is 5.10 Å². The van der Waals surface area contributed by atoms with Crippen molar-refractivity contribution in [3.05, 3.63) is 35.4 Å². The van der Waals surface area contributed by atoms with E-state index in [4.69, 9.17) is 0 Å². The molecule has 2 heterocycles. The van der Waals surface area contributed by atoms with Crippen molar-refractivity contribution < 1.29 is 13.2 Å². The molecule has 2 aromatic heterocycles. The van der Waals surface area contributed by atoms with Crippen molar-refractivity contribution in [2.24, 2.45) is 0 Å². The molecule has 0 amide bonds. The van der Waals surface area contributed by atoms with Crippen LogP contribution < -0.4 is 5.32 Å². The first-order valence-electron chi connectivity index (χ1n) is 6.10. The zero-order valence-electron chi connectivity index (χ0n) is 10.8. The van der Waals surface area contributed by atoms with Crippen molar-refractivity contribution in [3.8, 4) is 0 Å².